The number of hydrogen-bond donors (Lipinski definition) is 2. The first-order valence-corrected chi connectivity index (χ1v) is 8.21. The Hall–Kier alpha value is -2.60. The van der Waals surface area contributed by atoms with Gasteiger partial charge in [-0.25, -0.2) is 4.98 Å². The highest BCUT2D eigenvalue weighted by molar-refractivity contribution is 9.10. The standard InChI is InChI=1S/C18H17BrN4O/c1-12-7-8-14(13(19)11-12)21-17-9-10-20-18(23-17)22-15-5-3-4-6-16(15)24-2/h3-11H,1-2H3,(H2,20,21,22,23). The molecule has 1 heterocycles. The highest BCUT2D eigenvalue weighted by Gasteiger charge is 2.06. The Balaban J connectivity index is 1.81. The number of methoxy groups -OCH3 is 1. The van der Waals surface area contributed by atoms with Crippen molar-refractivity contribution >= 4 is 39.1 Å². The predicted octanol–water partition coefficient (Wildman–Crippen LogP) is 5.04. The average Bonchev–Trinajstić information content (AvgIpc) is 2.58. The molecule has 24 heavy (non-hydrogen) atoms. The van der Waals surface area contributed by atoms with E-state index >= 15 is 0 Å². The highest BCUT2D eigenvalue weighted by atomic mass is 79.9. The molecule has 122 valence electrons. The summed E-state index contributed by atoms with van der Waals surface area (Å²) in [4.78, 5) is 8.75. The van der Waals surface area contributed by atoms with Gasteiger partial charge in [0, 0.05) is 10.7 Å². The summed E-state index contributed by atoms with van der Waals surface area (Å²) in [6.45, 7) is 2.05. The highest BCUT2D eigenvalue weighted by Crippen LogP contribution is 2.28. The fourth-order valence-electron chi connectivity index (χ4n) is 2.22. The lowest BCUT2D eigenvalue weighted by molar-refractivity contribution is 0.417. The molecule has 0 saturated carbocycles. The van der Waals surface area contributed by atoms with Crippen LogP contribution in [-0.2, 0) is 0 Å². The van der Waals surface area contributed by atoms with Crippen LogP contribution < -0.4 is 15.4 Å². The molecule has 0 unspecified atom stereocenters. The van der Waals surface area contributed by atoms with Crippen molar-refractivity contribution in [3.05, 3.63) is 64.8 Å². The van der Waals surface area contributed by atoms with E-state index in [0.717, 1.165) is 21.6 Å². The largest absolute Gasteiger partial charge is 0.495 e. The Morgan fingerprint density at radius 1 is 1.00 bits per heavy atom. The lowest BCUT2D eigenvalue weighted by atomic mass is 10.2. The summed E-state index contributed by atoms with van der Waals surface area (Å²) in [5, 5.41) is 6.46. The van der Waals surface area contributed by atoms with Crippen LogP contribution in [0.5, 0.6) is 5.75 Å². The van der Waals surface area contributed by atoms with Crippen LogP contribution in [0.25, 0.3) is 0 Å². The fraction of sp³-hybridized carbons (Fsp3) is 0.111. The minimum absolute atomic E-state index is 0.493. The van der Waals surface area contributed by atoms with E-state index in [2.05, 4.69) is 49.5 Å². The van der Waals surface area contributed by atoms with Crippen LogP contribution in [0.3, 0.4) is 0 Å². The Labute approximate surface area is 149 Å². The summed E-state index contributed by atoms with van der Waals surface area (Å²) < 4.78 is 6.32. The lowest BCUT2D eigenvalue weighted by Crippen LogP contribution is -2.01. The molecule has 0 spiro atoms. The van der Waals surface area contributed by atoms with Gasteiger partial charge in [-0.15, -0.1) is 0 Å². The summed E-state index contributed by atoms with van der Waals surface area (Å²) in [7, 11) is 1.63. The number of aromatic nitrogens is 2. The zero-order chi connectivity index (χ0) is 16.9. The number of nitrogens with one attached hydrogen (secondary N) is 2. The molecule has 6 heteroatoms. The molecule has 2 aromatic carbocycles. The van der Waals surface area contributed by atoms with E-state index in [1.165, 1.54) is 5.56 Å². The molecular formula is C18H17BrN4O. The van der Waals surface area contributed by atoms with Gasteiger partial charge in [0.2, 0.25) is 5.95 Å². The van der Waals surface area contributed by atoms with Gasteiger partial charge in [-0.1, -0.05) is 18.2 Å². The molecule has 0 aliphatic heterocycles. The van der Waals surface area contributed by atoms with Gasteiger partial charge in [0.15, 0.2) is 0 Å². The van der Waals surface area contributed by atoms with Crippen LogP contribution in [0.2, 0.25) is 0 Å². The first-order valence-electron chi connectivity index (χ1n) is 7.42. The van der Waals surface area contributed by atoms with E-state index in [0.29, 0.717) is 11.8 Å². The Bertz CT molecular complexity index is 854. The molecule has 0 atom stereocenters. The number of anilines is 4. The van der Waals surface area contributed by atoms with Gasteiger partial charge >= 0.3 is 0 Å². The van der Waals surface area contributed by atoms with E-state index in [9.17, 15) is 0 Å². The third-order valence-corrected chi connectivity index (χ3v) is 4.05. The summed E-state index contributed by atoms with van der Waals surface area (Å²) in [6, 6.07) is 15.6. The van der Waals surface area contributed by atoms with Crippen molar-refractivity contribution in [1.82, 2.24) is 9.97 Å². The number of hydrogen-bond acceptors (Lipinski definition) is 5. The molecule has 0 fully saturated rings. The SMILES string of the molecule is COc1ccccc1Nc1nccc(Nc2ccc(C)cc2Br)n1. The number of nitrogens with zero attached hydrogens (tertiary/aromatic N) is 2. The molecule has 0 saturated heterocycles. The number of para-hydroxylation sites is 2. The Morgan fingerprint density at radius 2 is 1.83 bits per heavy atom. The third kappa shape index (κ3) is 3.83. The first-order chi connectivity index (χ1) is 11.7. The summed E-state index contributed by atoms with van der Waals surface area (Å²) in [5.41, 5.74) is 2.95. The number of benzene rings is 2. The third-order valence-electron chi connectivity index (χ3n) is 3.40. The van der Waals surface area contributed by atoms with Crippen molar-refractivity contribution in [3.8, 4) is 5.75 Å². The van der Waals surface area contributed by atoms with E-state index in [-0.39, 0.29) is 0 Å². The second-order valence-electron chi connectivity index (χ2n) is 5.20. The van der Waals surface area contributed by atoms with Crippen LogP contribution in [-0.4, -0.2) is 17.1 Å². The van der Waals surface area contributed by atoms with Gasteiger partial charge in [0.1, 0.15) is 11.6 Å². The average molecular weight is 385 g/mol. The van der Waals surface area contributed by atoms with Crippen LogP contribution in [0.4, 0.5) is 23.1 Å². The maximum absolute atomic E-state index is 5.33. The first kappa shape index (κ1) is 16.3. The normalized spacial score (nSPS) is 10.3. The quantitative estimate of drug-likeness (QED) is 0.644. The molecular weight excluding hydrogens is 368 g/mol. The van der Waals surface area contributed by atoms with Crippen LogP contribution in [0.15, 0.2) is 59.2 Å². The van der Waals surface area contributed by atoms with E-state index < -0.39 is 0 Å². The van der Waals surface area contributed by atoms with Crippen molar-refractivity contribution in [2.24, 2.45) is 0 Å². The molecule has 0 amide bonds. The van der Waals surface area contributed by atoms with Crippen molar-refractivity contribution in [2.45, 2.75) is 6.92 Å². The van der Waals surface area contributed by atoms with Crippen LogP contribution in [0.1, 0.15) is 5.56 Å². The van der Waals surface area contributed by atoms with Crippen LogP contribution >= 0.6 is 15.9 Å². The second-order valence-corrected chi connectivity index (χ2v) is 6.05. The molecule has 3 aromatic rings. The number of ether oxygens (including phenoxy) is 1. The van der Waals surface area contributed by atoms with Gasteiger partial charge in [-0.3, -0.25) is 0 Å². The van der Waals surface area contributed by atoms with Gasteiger partial charge in [-0.2, -0.15) is 4.98 Å². The van der Waals surface area contributed by atoms with E-state index in [1.807, 2.05) is 42.5 Å². The van der Waals surface area contributed by atoms with Crippen molar-refractivity contribution < 1.29 is 4.74 Å². The zero-order valence-electron chi connectivity index (χ0n) is 13.4. The number of rotatable bonds is 5. The summed E-state index contributed by atoms with van der Waals surface area (Å²) in [6.07, 6.45) is 1.70. The molecule has 0 aliphatic rings. The molecule has 0 bridgehead atoms. The minimum atomic E-state index is 0.493. The second kappa shape index (κ2) is 7.31. The minimum Gasteiger partial charge on any atom is -0.495 e. The predicted molar refractivity (Wildman–Crippen MR) is 100 cm³/mol. The molecule has 5 nitrogen and oxygen atoms in total. The van der Waals surface area contributed by atoms with Crippen molar-refractivity contribution in [1.29, 1.82) is 0 Å². The molecule has 0 aliphatic carbocycles. The molecule has 3 rings (SSSR count). The van der Waals surface area contributed by atoms with E-state index in [4.69, 9.17) is 4.74 Å². The number of halogens is 1. The van der Waals surface area contributed by atoms with Crippen LogP contribution in [0, 0.1) is 6.92 Å². The van der Waals surface area contributed by atoms with Gasteiger partial charge < -0.3 is 15.4 Å². The van der Waals surface area contributed by atoms with Gasteiger partial charge in [-0.05, 0) is 58.7 Å². The molecule has 2 N–H and O–H groups in total. The monoisotopic (exact) mass is 384 g/mol. The molecule has 0 radical (unpaired) electrons. The maximum Gasteiger partial charge on any atom is 0.229 e. The van der Waals surface area contributed by atoms with Gasteiger partial charge in [0.05, 0.1) is 18.5 Å². The topological polar surface area (TPSA) is 59.1 Å². The lowest BCUT2D eigenvalue weighted by Gasteiger charge is -2.12. The molecule has 1 aromatic heterocycles. The van der Waals surface area contributed by atoms with Crippen molar-refractivity contribution in [2.75, 3.05) is 17.7 Å². The van der Waals surface area contributed by atoms with Crippen molar-refractivity contribution in [3.63, 3.8) is 0 Å². The van der Waals surface area contributed by atoms with Gasteiger partial charge in [0.25, 0.3) is 0 Å². The Kier molecular flexibility index (Phi) is 4.96. The zero-order valence-corrected chi connectivity index (χ0v) is 15.0. The maximum atomic E-state index is 5.33. The number of aryl methyl sites for hydroxylation is 1. The fourth-order valence-corrected chi connectivity index (χ4v) is 2.81. The van der Waals surface area contributed by atoms with E-state index in [1.54, 1.807) is 13.3 Å². The Morgan fingerprint density at radius 3 is 2.62 bits per heavy atom. The smallest absolute Gasteiger partial charge is 0.229 e. The summed E-state index contributed by atoms with van der Waals surface area (Å²) >= 11 is 3.56. The summed E-state index contributed by atoms with van der Waals surface area (Å²) in [5.74, 6) is 1.93.